The number of aromatic nitrogens is 1. The lowest BCUT2D eigenvalue weighted by molar-refractivity contribution is 0.0953. The van der Waals surface area contributed by atoms with Crippen molar-refractivity contribution in [2.45, 2.75) is 25.7 Å². The number of hydrogen-bond donors (Lipinski definition) is 3. The first-order chi connectivity index (χ1) is 8.20. The molecule has 0 aromatic carbocycles. The van der Waals surface area contributed by atoms with Crippen LogP contribution in [0.5, 0.6) is 0 Å². The first-order valence-corrected chi connectivity index (χ1v) is 6.74. The number of hydrogen-bond acceptors (Lipinski definition) is 5. The second-order valence-corrected chi connectivity index (χ2v) is 5.32. The first-order valence-electron chi connectivity index (χ1n) is 5.93. The third kappa shape index (κ3) is 2.88. The predicted octanol–water partition coefficient (Wildman–Crippen LogP) is 1.69. The van der Waals surface area contributed by atoms with E-state index in [4.69, 9.17) is 5.73 Å². The fourth-order valence-corrected chi connectivity index (χ4v) is 2.61. The van der Waals surface area contributed by atoms with E-state index < -0.39 is 0 Å². The van der Waals surface area contributed by atoms with Crippen molar-refractivity contribution in [2.24, 2.45) is 5.92 Å². The molecule has 1 aromatic rings. The summed E-state index contributed by atoms with van der Waals surface area (Å²) in [6, 6.07) is 0. The zero-order chi connectivity index (χ0) is 12.3. The fourth-order valence-electron chi connectivity index (χ4n) is 1.85. The molecule has 4 N–H and O–H groups in total. The van der Waals surface area contributed by atoms with Crippen molar-refractivity contribution in [2.75, 3.05) is 24.6 Å². The number of nitrogens with two attached hydrogens (primary N) is 1. The van der Waals surface area contributed by atoms with Gasteiger partial charge in [-0.05, 0) is 12.3 Å². The highest BCUT2D eigenvalue weighted by Gasteiger charge is 2.19. The molecule has 1 aromatic heterocycles. The van der Waals surface area contributed by atoms with Crippen molar-refractivity contribution in [1.29, 1.82) is 0 Å². The average molecular weight is 254 g/mol. The molecule has 6 heteroatoms. The van der Waals surface area contributed by atoms with Crippen LogP contribution in [0.4, 0.5) is 10.9 Å². The van der Waals surface area contributed by atoms with E-state index in [2.05, 4.69) is 15.6 Å². The quantitative estimate of drug-likeness (QED) is 0.747. The topological polar surface area (TPSA) is 80.0 Å². The van der Waals surface area contributed by atoms with E-state index in [1.165, 1.54) is 30.6 Å². The minimum absolute atomic E-state index is 0.110. The van der Waals surface area contributed by atoms with Crippen molar-refractivity contribution in [3.63, 3.8) is 0 Å². The summed E-state index contributed by atoms with van der Waals surface area (Å²) in [6.07, 6.45) is 5.03. The van der Waals surface area contributed by atoms with Gasteiger partial charge in [-0.1, -0.05) is 30.6 Å². The summed E-state index contributed by atoms with van der Waals surface area (Å²) in [7, 11) is 1.76. The van der Waals surface area contributed by atoms with Gasteiger partial charge in [0.15, 0.2) is 5.13 Å². The molecular weight excluding hydrogens is 236 g/mol. The van der Waals surface area contributed by atoms with Crippen LogP contribution in [-0.2, 0) is 0 Å². The summed E-state index contributed by atoms with van der Waals surface area (Å²) in [6.45, 7) is 0.732. The Hall–Kier alpha value is -1.30. The van der Waals surface area contributed by atoms with Crippen LogP contribution in [0, 0.1) is 5.92 Å². The zero-order valence-electron chi connectivity index (χ0n) is 9.95. The number of carbonyl (C=O) groups excluding carboxylic acids is 1. The smallest absolute Gasteiger partial charge is 0.265 e. The maximum absolute atomic E-state index is 11.8. The Bertz CT molecular complexity index is 400. The SMILES string of the molecule is CNc1nc(N)c(C(=O)NCCC2CCC2)s1. The number of nitrogens with zero attached hydrogens (tertiary/aromatic N) is 1. The molecule has 0 bridgehead atoms. The molecule has 0 atom stereocenters. The van der Waals surface area contributed by atoms with Crippen LogP contribution in [0.1, 0.15) is 35.4 Å². The van der Waals surface area contributed by atoms with Crippen LogP contribution in [-0.4, -0.2) is 24.5 Å². The van der Waals surface area contributed by atoms with Crippen LogP contribution < -0.4 is 16.4 Å². The second kappa shape index (κ2) is 5.35. The summed E-state index contributed by atoms with van der Waals surface area (Å²) in [4.78, 5) is 16.4. The van der Waals surface area contributed by atoms with Crippen LogP contribution in [0.2, 0.25) is 0 Å². The first kappa shape index (κ1) is 12.2. The summed E-state index contributed by atoms with van der Waals surface area (Å²) in [5, 5.41) is 6.46. The maximum Gasteiger partial charge on any atom is 0.265 e. The molecule has 0 unspecified atom stereocenters. The average Bonchev–Trinajstić information content (AvgIpc) is 2.63. The fraction of sp³-hybridized carbons (Fsp3) is 0.636. The van der Waals surface area contributed by atoms with Gasteiger partial charge >= 0.3 is 0 Å². The molecule has 0 saturated heterocycles. The maximum atomic E-state index is 11.8. The van der Waals surface area contributed by atoms with Gasteiger partial charge in [0, 0.05) is 13.6 Å². The minimum Gasteiger partial charge on any atom is -0.382 e. The number of nitrogen functional groups attached to an aromatic ring is 1. The molecule has 94 valence electrons. The number of nitrogens with one attached hydrogen (secondary N) is 2. The number of thiazole rings is 1. The molecule has 1 saturated carbocycles. The molecule has 1 aliphatic rings. The molecule has 0 aliphatic heterocycles. The van der Waals surface area contributed by atoms with Crippen molar-refractivity contribution in [1.82, 2.24) is 10.3 Å². The third-order valence-electron chi connectivity index (χ3n) is 3.14. The van der Waals surface area contributed by atoms with Gasteiger partial charge in [0.2, 0.25) is 0 Å². The van der Waals surface area contributed by atoms with Crippen LogP contribution in [0.15, 0.2) is 0 Å². The summed E-state index contributed by atoms with van der Waals surface area (Å²) in [5.74, 6) is 1.00. The van der Waals surface area contributed by atoms with Crippen LogP contribution >= 0.6 is 11.3 Å². The molecule has 0 spiro atoms. The Morgan fingerprint density at radius 2 is 2.35 bits per heavy atom. The van der Waals surface area contributed by atoms with E-state index >= 15 is 0 Å². The number of rotatable bonds is 5. The Morgan fingerprint density at radius 3 is 2.88 bits per heavy atom. The van der Waals surface area contributed by atoms with E-state index in [-0.39, 0.29) is 5.91 Å². The highest BCUT2D eigenvalue weighted by molar-refractivity contribution is 7.18. The van der Waals surface area contributed by atoms with Gasteiger partial charge in [0.25, 0.3) is 5.91 Å². The van der Waals surface area contributed by atoms with Gasteiger partial charge in [0.05, 0.1) is 0 Å². The highest BCUT2D eigenvalue weighted by atomic mass is 32.1. The molecule has 0 radical (unpaired) electrons. The van der Waals surface area contributed by atoms with Crippen molar-refractivity contribution >= 4 is 28.2 Å². The molecule has 1 heterocycles. The number of anilines is 2. The number of amides is 1. The molecule has 1 fully saturated rings. The zero-order valence-corrected chi connectivity index (χ0v) is 10.8. The van der Waals surface area contributed by atoms with Gasteiger partial charge < -0.3 is 16.4 Å². The van der Waals surface area contributed by atoms with Crippen LogP contribution in [0.3, 0.4) is 0 Å². The number of carbonyl (C=O) groups is 1. The molecule has 17 heavy (non-hydrogen) atoms. The van der Waals surface area contributed by atoms with Crippen molar-refractivity contribution < 1.29 is 4.79 Å². The Kier molecular flexibility index (Phi) is 3.83. The molecule has 1 aliphatic carbocycles. The highest BCUT2D eigenvalue weighted by Crippen LogP contribution is 2.29. The van der Waals surface area contributed by atoms with E-state index in [9.17, 15) is 4.79 Å². The molecule has 5 nitrogen and oxygen atoms in total. The summed E-state index contributed by atoms with van der Waals surface area (Å²) >= 11 is 1.29. The predicted molar refractivity (Wildman–Crippen MR) is 70.4 cm³/mol. The molecule has 1 amide bonds. The van der Waals surface area contributed by atoms with Gasteiger partial charge in [0.1, 0.15) is 10.7 Å². The van der Waals surface area contributed by atoms with Gasteiger partial charge in [-0.3, -0.25) is 4.79 Å². The van der Waals surface area contributed by atoms with E-state index in [0.717, 1.165) is 18.9 Å². The summed E-state index contributed by atoms with van der Waals surface area (Å²) in [5.41, 5.74) is 5.69. The summed E-state index contributed by atoms with van der Waals surface area (Å²) < 4.78 is 0. The van der Waals surface area contributed by atoms with E-state index in [1.54, 1.807) is 7.05 Å². The van der Waals surface area contributed by atoms with Gasteiger partial charge in [-0.15, -0.1) is 0 Å². The normalized spacial score (nSPS) is 15.4. The van der Waals surface area contributed by atoms with Crippen molar-refractivity contribution in [3.05, 3.63) is 4.88 Å². The lowest BCUT2D eigenvalue weighted by Crippen LogP contribution is -2.27. The monoisotopic (exact) mass is 254 g/mol. The molecule has 2 rings (SSSR count). The van der Waals surface area contributed by atoms with E-state index in [1.807, 2.05) is 0 Å². The van der Waals surface area contributed by atoms with Crippen molar-refractivity contribution in [3.8, 4) is 0 Å². The standard InChI is InChI=1S/C11H18N4OS/c1-13-11-15-9(12)8(17-11)10(16)14-6-5-7-3-2-4-7/h7H,2-6,12H2,1H3,(H,13,15)(H,14,16). The Morgan fingerprint density at radius 1 is 1.59 bits per heavy atom. The minimum atomic E-state index is -0.110. The third-order valence-corrected chi connectivity index (χ3v) is 4.22. The largest absolute Gasteiger partial charge is 0.382 e. The van der Waals surface area contributed by atoms with Gasteiger partial charge in [-0.2, -0.15) is 0 Å². The van der Waals surface area contributed by atoms with Gasteiger partial charge in [-0.25, -0.2) is 4.98 Å². The lowest BCUT2D eigenvalue weighted by atomic mass is 9.83. The second-order valence-electron chi connectivity index (χ2n) is 4.32. The Balaban J connectivity index is 1.83. The molecular formula is C11H18N4OS. The van der Waals surface area contributed by atoms with Crippen LogP contribution in [0.25, 0.3) is 0 Å². The Labute approximate surface area is 105 Å². The lowest BCUT2D eigenvalue weighted by Gasteiger charge is -2.25. The van der Waals surface area contributed by atoms with E-state index in [0.29, 0.717) is 15.8 Å².